The summed E-state index contributed by atoms with van der Waals surface area (Å²) >= 11 is 0. The first-order chi connectivity index (χ1) is 9.12. The van der Waals surface area contributed by atoms with Crippen molar-refractivity contribution < 1.29 is 0 Å². The third kappa shape index (κ3) is 4.58. The van der Waals surface area contributed by atoms with E-state index in [1.54, 1.807) is 0 Å². The van der Waals surface area contributed by atoms with Gasteiger partial charge in [0.15, 0.2) is 0 Å². The Bertz CT molecular complexity index is 380. The van der Waals surface area contributed by atoms with Crippen LogP contribution >= 0.6 is 0 Å². The Balaban J connectivity index is 2.99. The van der Waals surface area contributed by atoms with E-state index >= 15 is 0 Å². The van der Waals surface area contributed by atoms with Crippen LogP contribution in [-0.4, -0.2) is 29.1 Å². The highest BCUT2D eigenvalue weighted by Crippen LogP contribution is 2.21. The van der Waals surface area contributed by atoms with Gasteiger partial charge in [-0.1, -0.05) is 20.3 Å². The van der Waals surface area contributed by atoms with Gasteiger partial charge in [0.1, 0.15) is 11.6 Å². The monoisotopic (exact) mass is 265 g/mol. The second kappa shape index (κ2) is 7.81. The van der Waals surface area contributed by atoms with Gasteiger partial charge in [0.05, 0.1) is 0 Å². The standard InChI is InChI=1S/C14H27N5/c1-5-8-9-19(11(4)6-2)13-10-12(16-7-3)17-14(15)18-13/h10-11H,5-9H2,1-4H3,(H3,15,16,17,18). The van der Waals surface area contributed by atoms with Gasteiger partial charge in [0, 0.05) is 25.2 Å². The Hall–Kier alpha value is -1.52. The first kappa shape index (κ1) is 15.5. The molecule has 1 aromatic rings. The first-order valence-electron chi connectivity index (χ1n) is 7.27. The molecule has 0 aliphatic carbocycles. The lowest BCUT2D eigenvalue weighted by molar-refractivity contribution is 0.589. The van der Waals surface area contributed by atoms with Gasteiger partial charge in [0.2, 0.25) is 5.95 Å². The number of nitrogens with zero attached hydrogens (tertiary/aromatic N) is 3. The molecular weight excluding hydrogens is 238 g/mol. The van der Waals surface area contributed by atoms with E-state index in [1.165, 1.54) is 6.42 Å². The molecule has 5 nitrogen and oxygen atoms in total. The highest BCUT2D eigenvalue weighted by atomic mass is 15.2. The summed E-state index contributed by atoms with van der Waals surface area (Å²) in [5, 5.41) is 3.20. The van der Waals surface area contributed by atoms with Crippen LogP contribution in [0.5, 0.6) is 0 Å². The Labute approximate surface area is 116 Å². The molecule has 0 aliphatic rings. The molecule has 0 saturated heterocycles. The molecule has 1 heterocycles. The van der Waals surface area contributed by atoms with E-state index in [9.17, 15) is 0 Å². The van der Waals surface area contributed by atoms with Gasteiger partial charge in [-0.3, -0.25) is 0 Å². The number of rotatable bonds is 8. The van der Waals surface area contributed by atoms with E-state index in [1.807, 2.05) is 13.0 Å². The molecule has 1 rings (SSSR count). The molecule has 1 aromatic heterocycles. The summed E-state index contributed by atoms with van der Waals surface area (Å²) in [6.45, 7) is 10.5. The highest BCUT2D eigenvalue weighted by Gasteiger charge is 2.15. The van der Waals surface area contributed by atoms with E-state index in [-0.39, 0.29) is 0 Å². The van der Waals surface area contributed by atoms with Crippen LogP contribution in [0, 0.1) is 0 Å². The fraction of sp³-hybridized carbons (Fsp3) is 0.714. The third-order valence-electron chi connectivity index (χ3n) is 3.26. The average molecular weight is 265 g/mol. The molecule has 0 aromatic carbocycles. The second-order valence-corrected chi connectivity index (χ2v) is 4.80. The maximum absolute atomic E-state index is 5.81. The van der Waals surface area contributed by atoms with Gasteiger partial charge < -0.3 is 16.0 Å². The van der Waals surface area contributed by atoms with E-state index in [4.69, 9.17) is 5.73 Å². The summed E-state index contributed by atoms with van der Waals surface area (Å²) in [5.74, 6) is 2.05. The van der Waals surface area contributed by atoms with E-state index in [0.717, 1.165) is 37.6 Å². The number of nitrogens with one attached hydrogen (secondary N) is 1. The number of aromatic nitrogens is 2. The lowest BCUT2D eigenvalue weighted by Gasteiger charge is -2.30. The zero-order chi connectivity index (χ0) is 14.3. The van der Waals surface area contributed by atoms with Crippen LogP contribution in [0.2, 0.25) is 0 Å². The first-order valence-corrected chi connectivity index (χ1v) is 7.27. The molecule has 1 atom stereocenters. The number of nitrogens with two attached hydrogens (primary N) is 1. The van der Waals surface area contributed by atoms with Crippen LogP contribution in [-0.2, 0) is 0 Å². The van der Waals surface area contributed by atoms with E-state index in [2.05, 4.69) is 41.0 Å². The maximum Gasteiger partial charge on any atom is 0.223 e. The number of nitrogen functional groups attached to an aromatic ring is 1. The molecule has 0 spiro atoms. The largest absolute Gasteiger partial charge is 0.370 e. The number of anilines is 3. The third-order valence-corrected chi connectivity index (χ3v) is 3.26. The quantitative estimate of drug-likeness (QED) is 0.756. The molecule has 19 heavy (non-hydrogen) atoms. The lowest BCUT2D eigenvalue weighted by Crippen LogP contribution is -2.34. The van der Waals surface area contributed by atoms with Crippen molar-refractivity contribution in [1.29, 1.82) is 0 Å². The minimum atomic E-state index is 0.332. The Morgan fingerprint density at radius 2 is 2.05 bits per heavy atom. The van der Waals surface area contributed by atoms with Gasteiger partial charge in [-0.05, 0) is 26.7 Å². The van der Waals surface area contributed by atoms with Crippen molar-refractivity contribution in [1.82, 2.24) is 9.97 Å². The Morgan fingerprint density at radius 3 is 2.63 bits per heavy atom. The molecular formula is C14H27N5. The van der Waals surface area contributed by atoms with Crippen LogP contribution in [0.3, 0.4) is 0 Å². The van der Waals surface area contributed by atoms with Crippen molar-refractivity contribution in [2.45, 2.75) is 53.0 Å². The summed E-state index contributed by atoms with van der Waals surface area (Å²) in [6, 6.07) is 2.44. The van der Waals surface area contributed by atoms with Crippen LogP contribution in [0.25, 0.3) is 0 Å². The van der Waals surface area contributed by atoms with Gasteiger partial charge in [-0.25, -0.2) is 0 Å². The van der Waals surface area contributed by atoms with Gasteiger partial charge in [-0.2, -0.15) is 9.97 Å². The average Bonchev–Trinajstić information content (AvgIpc) is 2.38. The molecule has 0 fully saturated rings. The summed E-state index contributed by atoms with van der Waals surface area (Å²) in [6.07, 6.45) is 3.42. The number of unbranched alkanes of at least 4 members (excludes halogenated alkanes) is 1. The smallest absolute Gasteiger partial charge is 0.223 e. The van der Waals surface area contributed by atoms with Crippen molar-refractivity contribution in [2.75, 3.05) is 29.0 Å². The van der Waals surface area contributed by atoms with Crippen LogP contribution < -0.4 is 16.0 Å². The van der Waals surface area contributed by atoms with Gasteiger partial charge in [-0.15, -0.1) is 0 Å². The topological polar surface area (TPSA) is 67.1 Å². The molecule has 3 N–H and O–H groups in total. The number of hydrogen-bond donors (Lipinski definition) is 2. The maximum atomic E-state index is 5.81. The molecule has 0 bridgehead atoms. The predicted octanol–water partition coefficient (Wildman–Crippen LogP) is 2.90. The highest BCUT2D eigenvalue weighted by molar-refractivity contribution is 5.53. The molecule has 0 radical (unpaired) electrons. The minimum Gasteiger partial charge on any atom is -0.370 e. The van der Waals surface area contributed by atoms with Crippen molar-refractivity contribution in [2.24, 2.45) is 0 Å². The second-order valence-electron chi connectivity index (χ2n) is 4.80. The Kier molecular flexibility index (Phi) is 6.39. The SMILES string of the molecule is CCCCN(c1cc(NCC)nc(N)n1)C(C)CC. The summed E-state index contributed by atoms with van der Waals surface area (Å²) < 4.78 is 0. The van der Waals surface area contributed by atoms with E-state index < -0.39 is 0 Å². The van der Waals surface area contributed by atoms with Gasteiger partial charge >= 0.3 is 0 Å². The summed E-state index contributed by atoms with van der Waals surface area (Å²) in [4.78, 5) is 10.9. The number of hydrogen-bond acceptors (Lipinski definition) is 5. The predicted molar refractivity (Wildman–Crippen MR) is 82.6 cm³/mol. The van der Waals surface area contributed by atoms with Crippen molar-refractivity contribution in [3.05, 3.63) is 6.07 Å². The van der Waals surface area contributed by atoms with Crippen molar-refractivity contribution >= 4 is 17.6 Å². The Morgan fingerprint density at radius 1 is 1.32 bits per heavy atom. The molecule has 0 aliphatic heterocycles. The molecule has 1 unspecified atom stereocenters. The van der Waals surface area contributed by atoms with Crippen LogP contribution in [0.1, 0.15) is 47.0 Å². The molecule has 0 saturated carbocycles. The summed E-state index contributed by atoms with van der Waals surface area (Å²) in [5.41, 5.74) is 5.81. The fourth-order valence-corrected chi connectivity index (χ4v) is 1.98. The van der Waals surface area contributed by atoms with Crippen molar-refractivity contribution in [3.63, 3.8) is 0 Å². The normalized spacial score (nSPS) is 12.2. The fourth-order valence-electron chi connectivity index (χ4n) is 1.98. The molecule has 108 valence electrons. The van der Waals surface area contributed by atoms with E-state index in [0.29, 0.717) is 12.0 Å². The van der Waals surface area contributed by atoms with Crippen LogP contribution in [0.4, 0.5) is 17.6 Å². The van der Waals surface area contributed by atoms with Crippen molar-refractivity contribution in [3.8, 4) is 0 Å². The zero-order valence-electron chi connectivity index (χ0n) is 12.6. The zero-order valence-corrected chi connectivity index (χ0v) is 12.6. The molecule has 0 amide bonds. The van der Waals surface area contributed by atoms with Gasteiger partial charge in [0.25, 0.3) is 0 Å². The minimum absolute atomic E-state index is 0.332. The van der Waals surface area contributed by atoms with Crippen LogP contribution in [0.15, 0.2) is 6.07 Å². The molecule has 5 heteroatoms. The lowest BCUT2D eigenvalue weighted by atomic mass is 10.2. The summed E-state index contributed by atoms with van der Waals surface area (Å²) in [7, 11) is 0.